The van der Waals surface area contributed by atoms with E-state index in [2.05, 4.69) is 10.6 Å². The lowest BCUT2D eigenvalue weighted by molar-refractivity contribution is -0.121. The molecule has 0 unspecified atom stereocenters. The lowest BCUT2D eigenvalue weighted by atomic mass is 10.2. The number of hydrogen-bond donors (Lipinski definition) is 2. The summed E-state index contributed by atoms with van der Waals surface area (Å²) in [6.45, 7) is 2.40. The van der Waals surface area contributed by atoms with E-state index in [1.807, 2.05) is 6.92 Å². The van der Waals surface area contributed by atoms with Gasteiger partial charge in [-0.15, -0.1) is 0 Å². The maximum absolute atomic E-state index is 12.8. The minimum Gasteiger partial charge on any atom is -0.494 e. The number of imide groups is 1. The largest absolute Gasteiger partial charge is 0.494 e. The van der Waals surface area contributed by atoms with Gasteiger partial charge in [0.15, 0.2) is 6.61 Å². The average Bonchev–Trinajstić information content (AvgIpc) is 2.96. The highest BCUT2D eigenvalue weighted by molar-refractivity contribution is 6.23. The topological polar surface area (TPSA) is 97.0 Å². The number of anilines is 3. The third-order valence-electron chi connectivity index (χ3n) is 4.51. The summed E-state index contributed by atoms with van der Waals surface area (Å²) in [6, 6.07) is 11.3. The molecule has 0 aromatic heterocycles. The number of nitrogens with one attached hydrogen (secondary N) is 2. The Hall–Kier alpha value is -3.55. The molecule has 2 aromatic rings. The van der Waals surface area contributed by atoms with Crippen LogP contribution in [0.3, 0.4) is 0 Å². The molecule has 2 aliphatic rings. The molecule has 2 aromatic carbocycles. The number of amides is 3. The van der Waals surface area contributed by atoms with Gasteiger partial charge in [0, 0.05) is 5.69 Å². The van der Waals surface area contributed by atoms with Crippen molar-refractivity contribution in [3.63, 3.8) is 0 Å². The third kappa shape index (κ3) is 3.36. The van der Waals surface area contributed by atoms with Crippen molar-refractivity contribution in [3.8, 4) is 11.5 Å². The zero-order chi connectivity index (χ0) is 19.7. The maximum Gasteiger partial charge on any atom is 0.262 e. The minimum absolute atomic E-state index is 0.0214. The van der Waals surface area contributed by atoms with Gasteiger partial charge in [-0.25, -0.2) is 4.90 Å². The summed E-state index contributed by atoms with van der Waals surface area (Å²) in [5, 5.41) is 5.79. The molecule has 1 fully saturated rings. The molecule has 3 amide bonds. The second-order valence-electron chi connectivity index (χ2n) is 6.44. The predicted octanol–water partition coefficient (Wildman–Crippen LogP) is 2.16. The summed E-state index contributed by atoms with van der Waals surface area (Å²) in [5.74, 6) is 0.403. The number of carbonyl (C=O) groups excluding carboxylic acids is 3. The van der Waals surface area contributed by atoms with Gasteiger partial charge in [-0.2, -0.15) is 0 Å². The summed E-state index contributed by atoms with van der Waals surface area (Å²) < 4.78 is 10.7. The van der Waals surface area contributed by atoms with Crippen molar-refractivity contribution < 1.29 is 23.9 Å². The van der Waals surface area contributed by atoms with Crippen LogP contribution in [0, 0.1) is 0 Å². The molecule has 0 radical (unpaired) electrons. The number of ether oxygens (including phenoxy) is 2. The van der Waals surface area contributed by atoms with Gasteiger partial charge in [0.1, 0.15) is 17.5 Å². The molecular formula is C20H19N3O5. The van der Waals surface area contributed by atoms with Gasteiger partial charge in [-0.3, -0.25) is 14.4 Å². The number of fused-ring (bicyclic) bond motifs is 1. The maximum atomic E-state index is 12.8. The molecule has 0 saturated carbocycles. The zero-order valence-corrected chi connectivity index (χ0v) is 15.2. The first kappa shape index (κ1) is 17.8. The van der Waals surface area contributed by atoms with E-state index in [1.54, 1.807) is 42.5 Å². The second-order valence-corrected chi connectivity index (χ2v) is 6.44. The van der Waals surface area contributed by atoms with Crippen molar-refractivity contribution in [1.82, 2.24) is 0 Å². The van der Waals surface area contributed by atoms with Crippen molar-refractivity contribution in [2.75, 3.05) is 28.7 Å². The van der Waals surface area contributed by atoms with Crippen LogP contribution in [0.1, 0.15) is 13.3 Å². The fourth-order valence-corrected chi connectivity index (χ4v) is 3.25. The van der Waals surface area contributed by atoms with Crippen LogP contribution in [0.5, 0.6) is 11.5 Å². The Labute approximate surface area is 161 Å². The zero-order valence-electron chi connectivity index (χ0n) is 15.2. The van der Waals surface area contributed by atoms with Gasteiger partial charge >= 0.3 is 0 Å². The van der Waals surface area contributed by atoms with Crippen LogP contribution in [0.15, 0.2) is 42.5 Å². The van der Waals surface area contributed by atoms with Crippen LogP contribution < -0.4 is 25.0 Å². The molecule has 4 rings (SSSR count). The normalized spacial score (nSPS) is 18.4. The molecule has 0 bridgehead atoms. The number of benzene rings is 2. The van der Waals surface area contributed by atoms with Gasteiger partial charge < -0.3 is 20.1 Å². The molecule has 0 aliphatic carbocycles. The fourth-order valence-electron chi connectivity index (χ4n) is 3.25. The Morgan fingerprint density at radius 3 is 2.71 bits per heavy atom. The Morgan fingerprint density at radius 2 is 1.96 bits per heavy atom. The molecule has 2 aliphatic heterocycles. The Bertz CT molecular complexity index is 941. The van der Waals surface area contributed by atoms with Gasteiger partial charge in [-0.1, -0.05) is 0 Å². The van der Waals surface area contributed by atoms with Gasteiger partial charge in [0.05, 0.1) is 24.4 Å². The van der Waals surface area contributed by atoms with E-state index in [0.29, 0.717) is 35.2 Å². The van der Waals surface area contributed by atoms with Crippen molar-refractivity contribution in [3.05, 3.63) is 42.5 Å². The third-order valence-corrected chi connectivity index (χ3v) is 4.51. The highest BCUT2D eigenvalue weighted by Gasteiger charge is 2.39. The molecule has 28 heavy (non-hydrogen) atoms. The van der Waals surface area contributed by atoms with Crippen molar-refractivity contribution in [2.24, 2.45) is 0 Å². The van der Waals surface area contributed by atoms with Crippen LogP contribution >= 0.6 is 0 Å². The predicted molar refractivity (Wildman–Crippen MR) is 103 cm³/mol. The second kappa shape index (κ2) is 7.22. The van der Waals surface area contributed by atoms with E-state index in [0.717, 1.165) is 0 Å². The van der Waals surface area contributed by atoms with E-state index in [4.69, 9.17) is 9.47 Å². The van der Waals surface area contributed by atoms with Gasteiger partial charge in [0.2, 0.25) is 5.91 Å². The summed E-state index contributed by atoms with van der Waals surface area (Å²) in [7, 11) is 0. The number of hydrogen-bond acceptors (Lipinski definition) is 6. The summed E-state index contributed by atoms with van der Waals surface area (Å²) >= 11 is 0. The Kier molecular flexibility index (Phi) is 4.60. The molecule has 144 valence electrons. The molecule has 8 heteroatoms. The van der Waals surface area contributed by atoms with Crippen LogP contribution in [0.2, 0.25) is 0 Å². The van der Waals surface area contributed by atoms with E-state index in [-0.39, 0.29) is 30.7 Å². The van der Waals surface area contributed by atoms with E-state index >= 15 is 0 Å². The quantitative estimate of drug-likeness (QED) is 0.771. The standard InChI is InChI=1S/C20H19N3O5/c1-2-27-14-6-4-13(5-7-14)23-19(25)10-16(20(23)26)21-12-3-8-17-15(9-12)22-18(24)11-28-17/h3-9,16,21H,2,10-11H2,1H3,(H,22,24)/t16-/m0/s1. The summed E-state index contributed by atoms with van der Waals surface area (Å²) in [5.41, 5.74) is 1.65. The first-order valence-corrected chi connectivity index (χ1v) is 8.98. The molecule has 2 heterocycles. The van der Waals surface area contributed by atoms with Gasteiger partial charge in [0.25, 0.3) is 11.8 Å². The molecule has 2 N–H and O–H groups in total. The molecule has 1 saturated heterocycles. The van der Waals surface area contributed by atoms with E-state index in [1.165, 1.54) is 4.90 Å². The van der Waals surface area contributed by atoms with Crippen molar-refractivity contribution >= 4 is 34.8 Å². The minimum atomic E-state index is -0.683. The summed E-state index contributed by atoms with van der Waals surface area (Å²) in [6.07, 6.45) is 0.0476. The van der Waals surface area contributed by atoms with Gasteiger partial charge in [-0.05, 0) is 49.4 Å². The first-order chi connectivity index (χ1) is 13.5. The Balaban J connectivity index is 1.50. The smallest absolute Gasteiger partial charge is 0.262 e. The van der Waals surface area contributed by atoms with Crippen LogP contribution in [0.25, 0.3) is 0 Å². The molecule has 1 atom stereocenters. The number of rotatable bonds is 5. The SMILES string of the molecule is CCOc1ccc(N2C(=O)C[C@H](Nc3ccc4c(c3)NC(=O)CO4)C2=O)cc1. The number of nitrogens with zero attached hydrogens (tertiary/aromatic N) is 1. The lowest BCUT2D eigenvalue weighted by Crippen LogP contribution is -2.34. The highest BCUT2D eigenvalue weighted by atomic mass is 16.5. The van der Waals surface area contributed by atoms with E-state index < -0.39 is 6.04 Å². The van der Waals surface area contributed by atoms with Crippen LogP contribution in [-0.4, -0.2) is 37.0 Å². The van der Waals surface area contributed by atoms with E-state index in [9.17, 15) is 14.4 Å². The van der Waals surface area contributed by atoms with Crippen molar-refractivity contribution in [2.45, 2.75) is 19.4 Å². The fraction of sp³-hybridized carbons (Fsp3) is 0.250. The molecule has 8 nitrogen and oxygen atoms in total. The lowest BCUT2D eigenvalue weighted by Gasteiger charge is -2.20. The summed E-state index contributed by atoms with van der Waals surface area (Å²) in [4.78, 5) is 37.9. The van der Waals surface area contributed by atoms with Crippen LogP contribution in [0.4, 0.5) is 17.1 Å². The molecular weight excluding hydrogens is 362 g/mol. The van der Waals surface area contributed by atoms with Crippen molar-refractivity contribution in [1.29, 1.82) is 0 Å². The average molecular weight is 381 g/mol. The number of carbonyl (C=O) groups is 3. The van der Waals surface area contributed by atoms with Crippen LogP contribution in [-0.2, 0) is 14.4 Å². The highest BCUT2D eigenvalue weighted by Crippen LogP contribution is 2.32. The first-order valence-electron chi connectivity index (χ1n) is 8.98. The Morgan fingerprint density at radius 1 is 1.18 bits per heavy atom. The monoisotopic (exact) mass is 381 g/mol. The molecule has 0 spiro atoms.